The molecule has 2 aromatic rings. The molecule has 1 aromatic carbocycles. The lowest BCUT2D eigenvalue weighted by molar-refractivity contribution is -0.119. The highest BCUT2D eigenvalue weighted by molar-refractivity contribution is 6.09. The molecule has 0 radical (unpaired) electrons. The van der Waals surface area contributed by atoms with E-state index >= 15 is 0 Å². The molecule has 7 nitrogen and oxygen atoms in total. The molecule has 0 atom stereocenters. The number of likely N-dealkylation sites (N-methyl/N-ethyl adjacent to an activating group) is 1. The van der Waals surface area contributed by atoms with Gasteiger partial charge in [0.2, 0.25) is 5.91 Å². The minimum Gasteiger partial charge on any atom is -0.358 e. The number of amides is 2. The average Bonchev–Trinajstić information content (AvgIpc) is 2.51. The summed E-state index contributed by atoms with van der Waals surface area (Å²) in [6.07, 6.45) is 1.43. The Kier molecular flexibility index (Phi) is 4.11. The lowest BCUT2D eigenvalue weighted by Gasteiger charge is -2.10. The third kappa shape index (κ3) is 2.67. The van der Waals surface area contributed by atoms with Crippen molar-refractivity contribution >= 4 is 28.4 Å². The van der Waals surface area contributed by atoms with Crippen LogP contribution in [-0.4, -0.2) is 30.4 Å². The first-order valence-electron chi connectivity index (χ1n) is 6.00. The molecule has 0 aliphatic carbocycles. The highest BCUT2D eigenvalue weighted by Gasteiger charge is 2.13. The van der Waals surface area contributed by atoms with Crippen molar-refractivity contribution in [3.8, 4) is 0 Å². The highest BCUT2D eigenvalue weighted by Crippen LogP contribution is 2.23. The Morgan fingerprint density at radius 2 is 1.95 bits per heavy atom. The number of hydrazine groups is 1. The molecule has 0 bridgehead atoms. The third-order valence-corrected chi connectivity index (χ3v) is 2.86. The van der Waals surface area contributed by atoms with Crippen molar-refractivity contribution < 1.29 is 9.59 Å². The van der Waals surface area contributed by atoms with E-state index in [-0.39, 0.29) is 18.4 Å². The number of nitrogens with one attached hydrogen (secondary N) is 3. The molecule has 2 amide bonds. The molecule has 20 heavy (non-hydrogen) atoms. The van der Waals surface area contributed by atoms with Gasteiger partial charge >= 0.3 is 0 Å². The first kappa shape index (κ1) is 13.8. The maximum absolute atomic E-state index is 12.1. The highest BCUT2D eigenvalue weighted by atomic mass is 16.2. The van der Waals surface area contributed by atoms with Crippen LogP contribution in [0.5, 0.6) is 0 Å². The van der Waals surface area contributed by atoms with Crippen LogP contribution in [0.4, 0.5) is 5.82 Å². The summed E-state index contributed by atoms with van der Waals surface area (Å²) in [6, 6.07) is 7.26. The Hall–Kier alpha value is -2.67. The zero-order chi connectivity index (χ0) is 14.5. The number of pyridine rings is 1. The van der Waals surface area contributed by atoms with Gasteiger partial charge in [-0.3, -0.25) is 9.59 Å². The van der Waals surface area contributed by atoms with Crippen molar-refractivity contribution in [1.82, 2.24) is 15.6 Å². The summed E-state index contributed by atoms with van der Waals surface area (Å²) in [5.41, 5.74) is 2.88. The Balaban J connectivity index is 2.35. The number of rotatable bonds is 4. The third-order valence-electron chi connectivity index (χ3n) is 2.86. The number of nitrogens with zero attached hydrogens (tertiary/aromatic N) is 1. The maximum Gasteiger partial charge on any atom is 0.253 e. The first-order valence-corrected chi connectivity index (χ1v) is 6.00. The number of fused-ring (bicyclic) bond motifs is 1. The van der Waals surface area contributed by atoms with Crippen LogP contribution < -0.4 is 21.9 Å². The minimum atomic E-state index is -0.360. The number of hydrogen-bond donors (Lipinski definition) is 4. The van der Waals surface area contributed by atoms with E-state index in [1.807, 2.05) is 18.2 Å². The second-order valence-corrected chi connectivity index (χ2v) is 4.07. The molecule has 0 unspecified atom stereocenters. The van der Waals surface area contributed by atoms with Gasteiger partial charge in [-0.2, -0.15) is 0 Å². The molecule has 0 spiro atoms. The molecule has 5 N–H and O–H groups in total. The number of carbonyl (C=O) groups is 2. The van der Waals surface area contributed by atoms with Gasteiger partial charge in [0.05, 0.1) is 12.1 Å². The summed E-state index contributed by atoms with van der Waals surface area (Å²) in [7, 11) is 1.51. The quantitative estimate of drug-likeness (QED) is 0.463. The van der Waals surface area contributed by atoms with Crippen molar-refractivity contribution in [3.63, 3.8) is 0 Å². The smallest absolute Gasteiger partial charge is 0.253 e. The number of carbonyl (C=O) groups excluding carboxylic acids is 2. The van der Waals surface area contributed by atoms with Crippen molar-refractivity contribution in [2.24, 2.45) is 5.84 Å². The Bertz CT molecular complexity index is 656. The van der Waals surface area contributed by atoms with Crippen molar-refractivity contribution in [2.75, 3.05) is 19.0 Å². The van der Waals surface area contributed by atoms with Gasteiger partial charge in [0.15, 0.2) is 0 Å². The fourth-order valence-electron chi connectivity index (χ4n) is 1.83. The predicted molar refractivity (Wildman–Crippen MR) is 76.0 cm³/mol. The van der Waals surface area contributed by atoms with Crippen LogP contribution in [0, 0.1) is 0 Å². The molecule has 1 aromatic heterocycles. The Morgan fingerprint density at radius 3 is 2.60 bits per heavy atom. The normalized spacial score (nSPS) is 10.1. The molecule has 104 valence electrons. The SMILES string of the molecule is CNC(=O)CNC(=O)c1cnc(NN)c2ccccc12. The van der Waals surface area contributed by atoms with E-state index in [1.165, 1.54) is 13.2 Å². The summed E-state index contributed by atoms with van der Waals surface area (Å²) in [6.45, 7) is -0.0828. The number of benzene rings is 1. The van der Waals surface area contributed by atoms with E-state index < -0.39 is 0 Å². The molecule has 2 rings (SSSR count). The van der Waals surface area contributed by atoms with Crippen LogP contribution in [0.1, 0.15) is 10.4 Å². The van der Waals surface area contributed by atoms with E-state index in [4.69, 9.17) is 5.84 Å². The summed E-state index contributed by atoms with van der Waals surface area (Å²) in [5, 5.41) is 6.42. The lowest BCUT2D eigenvalue weighted by atomic mass is 10.1. The molecule has 1 heterocycles. The van der Waals surface area contributed by atoms with Gasteiger partial charge in [-0.15, -0.1) is 0 Å². The van der Waals surface area contributed by atoms with Crippen LogP contribution in [0.2, 0.25) is 0 Å². The van der Waals surface area contributed by atoms with Crippen LogP contribution in [0.25, 0.3) is 10.8 Å². The number of hydrogen-bond acceptors (Lipinski definition) is 5. The number of nitrogens with two attached hydrogens (primary N) is 1. The van der Waals surface area contributed by atoms with Crippen molar-refractivity contribution in [3.05, 3.63) is 36.0 Å². The minimum absolute atomic E-state index is 0.0828. The predicted octanol–water partition coefficient (Wildman–Crippen LogP) is -0.00380. The van der Waals surface area contributed by atoms with E-state index in [9.17, 15) is 9.59 Å². The van der Waals surface area contributed by atoms with Crippen molar-refractivity contribution in [1.29, 1.82) is 0 Å². The largest absolute Gasteiger partial charge is 0.358 e. The lowest BCUT2D eigenvalue weighted by Crippen LogP contribution is -2.35. The molecular weight excluding hydrogens is 258 g/mol. The maximum atomic E-state index is 12.1. The van der Waals surface area contributed by atoms with Crippen LogP contribution in [0.3, 0.4) is 0 Å². The molecule has 0 aliphatic rings. The molecular formula is C13H15N5O2. The summed E-state index contributed by atoms with van der Waals surface area (Å²) >= 11 is 0. The molecule has 0 fully saturated rings. The average molecular weight is 273 g/mol. The van der Waals surface area contributed by atoms with Crippen LogP contribution in [0.15, 0.2) is 30.5 Å². The second-order valence-electron chi connectivity index (χ2n) is 4.07. The monoisotopic (exact) mass is 273 g/mol. The summed E-state index contributed by atoms with van der Waals surface area (Å²) < 4.78 is 0. The van der Waals surface area contributed by atoms with E-state index in [0.717, 1.165) is 5.39 Å². The first-order chi connectivity index (χ1) is 9.67. The van der Waals surface area contributed by atoms with Gasteiger partial charge in [-0.1, -0.05) is 24.3 Å². The second kappa shape index (κ2) is 5.98. The van der Waals surface area contributed by atoms with Gasteiger partial charge in [-0.05, 0) is 5.39 Å². The summed E-state index contributed by atoms with van der Waals surface area (Å²) in [5.74, 6) is 5.25. The van der Waals surface area contributed by atoms with Gasteiger partial charge < -0.3 is 16.1 Å². The van der Waals surface area contributed by atoms with Gasteiger partial charge in [0, 0.05) is 18.6 Å². The van der Waals surface area contributed by atoms with Crippen molar-refractivity contribution in [2.45, 2.75) is 0 Å². The fourth-order valence-corrected chi connectivity index (χ4v) is 1.83. The number of nitrogen functional groups attached to an aromatic ring is 1. The summed E-state index contributed by atoms with van der Waals surface area (Å²) in [4.78, 5) is 27.3. The van der Waals surface area contributed by atoms with Gasteiger partial charge in [0.25, 0.3) is 5.91 Å². The topological polar surface area (TPSA) is 109 Å². The molecule has 7 heteroatoms. The zero-order valence-corrected chi connectivity index (χ0v) is 10.9. The Morgan fingerprint density at radius 1 is 1.25 bits per heavy atom. The molecule has 0 saturated heterocycles. The van der Waals surface area contributed by atoms with E-state index in [2.05, 4.69) is 21.0 Å². The van der Waals surface area contributed by atoms with E-state index in [1.54, 1.807) is 6.07 Å². The van der Waals surface area contributed by atoms with Crippen LogP contribution >= 0.6 is 0 Å². The Labute approximate surface area is 115 Å². The molecule has 0 saturated carbocycles. The van der Waals surface area contributed by atoms with E-state index in [0.29, 0.717) is 16.8 Å². The standard InChI is InChI=1S/C13H15N5O2/c1-15-11(19)7-17-13(20)10-6-16-12(18-14)9-5-3-2-4-8(9)10/h2-6H,7,14H2,1H3,(H,15,19)(H,16,18)(H,17,20). The fraction of sp³-hybridized carbons (Fsp3) is 0.154. The van der Waals surface area contributed by atoms with Gasteiger partial charge in [0.1, 0.15) is 5.82 Å². The van der Waals surface area contributed by atoms with Gasteiger partial charge in [-0.25, -0.2) is 10.8 Å². The number of aromatic nitrogens is 1. The molecule has 0 aliphatic heterocycles. The number of anilines is 1. The van der Waals surface area contributed by atoms with Crippen LogP contribution in [-0.2, 0) is 4.79 Å². The zero-order valence-electron chi connectivity index (χ0n) is 10.9.